The van der Waals surface area contributed by atoms with Crippen LogP contribution in [0.1, 0.15) is 24.2 Å². The summed E-state index contributed by atoms with van der Waals surface area (Å²) in [5.74, 6) is -0.301. The molecule has 1 amide bonds. The van der Waals surface area contributed by atoms with Gasteiger partial charge in [-0.15, -0.1) is 0 Å². The Kier molecular flexibility index (Phi) is 4.55. The molecule has 1 aromatic heterocycles. The molecule has 0 spiro atoms. The number of aromatic nitrogens is 2. The molecule has 0 atom stereocenters. The van der Waals surface area contributed by atoms with Crippen LogP contribution < -0.4 is 5.32 Å². The molecule has 1 fully saturated rings. The molecule has 0 unspecified atom stereocenters. The Balaban J connectivity index is 1.92. The number of alkyl halides is 3. The number of carbonyl (C=O) groups is 1. The van der Waals surface area contributed by atoms with Crippen LogP contribution >= 0.6 is 0 Å². The van der Waals surface area contributed by atoms with Crippen LogP contribution in [0, 0.1) is 6.92 Å². The number of hydrogen-bond acceptors (Lipinski definition) is 3. The summed E-state index contributed by atoms with van der Waals surface area (Å²) in [6, 6.07) is 1.04. The van der Waals surface area contributed by atoms with E-state index in [-0.39, 0.29) is 18.5 Å². The number of carbonyl (C=O) groups excluding carboxylic acids is 1. The van der Waals surface area contributed by atoms with Crippen molar-refractivity contribution in [3.05, 3.63) is 17.5 Å². The first-order valence-electron chi connectivity index (χ1n) is 6.85. The van der Waals surface area contributed by atoms with E-state index in [1.165, 1.54) is 6.92 Å². The number of hydrogen-bond donors (Lipinski definition) is 1. The van der Waals surface area contributed by atoms with Crippen LogP contribution in [-0.2, 0) is 17.5 Å². The number of rotatable bonds is 3. The average molecular weight is 304 g/mol. The molecule has 2 heterocycles. The Hall–Kier alpha value is -1.57. The minimum absolute atomic E-state index is 0.0895. The number of nitrogens with zero attached hydrogens (tertiary/aromatic N) is 3. The summed E-state index contributed by atoms with van der Waals surface area (Å²) in [4.78, 5) is 14.1. The summed E-state index contributed by atoms with van der Waals surface area (Å²) < 4.78 is 38.7. The van der Waals surface area contributed by atoms with E-state index in [0.29, 0.717) is 5.69 Å². The monoisotopic (exact) mass is 304 g/mol. The maximum absolute atomic E-state index is 12.5. The van der Waals surface area contributed by atoms with Crippen molar-refractivity contribution in [2.45, 2.75) is 38.5 Å². The molecule has 0 aromatic carbocycles. The second-order valence-electron chi connectivity index (χ2n) is 5.47. The normalized spacial score (nSPS) is 18.0. The maximum atomic E-state index is 12.5. The van der Waals surface area contributed by atoms with Crippen molar-refractivity contribution < 1.29 is 18.0 Å². The van der Waals surface area contributed by atoms with E-state index in [2.05, 4.69) is 15.3 Å². The summed E-state index contributed by atoms with van der Waals surface area (Å²) in [5, 5.41) is 6.30. The number of likely N-dealkylation sites (tertiary alicyclic amines) is 1. The summed E-state index contributed by atoms with van der Waals surface area (Å²) in [6.07, 6.45) is -2.78. The fourth-order valence-electron chi connectivity index (χ4n) is 2.37. The molecular formula is C13H19F3N4O. The lowest BCUT2D eigenvalue weighted by atomic mass is 10.1. The van der Waals surface area contributed by atoms with E-state index in [9.17, 15) is 18.0 Å². The van der Waals surface area contributed by atoms with Gasteiger partial charge in [-0.05, 0) is 46.0 Å². The zero-order valence-corrected chi connectivity index (χ0v) is 12.1. The second kappa shape index (κ2) is 6.05. The molecule has 1 aliphatic rings. The van der Waals surface area contributed by atoms with Gasteiger partial charge in [-0.1, -0.05) is 0 Å². The van der Waals surface area contributed by atoms with Crippen molar-refractivity contribution in [2.24, 2.45) is 0 Å². The molecule has 8 heteroatoms. The van der Waals surface area contributed by atoms with E-state index in [1.807, 2.05) is 7.05 Å². The van der Waals surface area contributed by atoms with Crippen LogP contribution in [0.4, 0.5) is 13.2 Å². The maximum Gasteiger partial charge on any atom is 0.435 e. The van der Waals surface area contributed by atoms with Crippen molar-refractivity contribution in [1.29, 1.82) is 0 Å². The van der Waals surface area contributed by atoms with Gasteiger partial charge in [-0.25, -0.2) is 0 Å². The van der Waals surface area contributed by atoms with Crippen molar-refractivity contribution in [2.75, 3.05) is 20.1 Å². The summed E-state index contributed by atoms with van der Waals surface area (Å²) in [6.45, 7) is 3.13. The third-order valence-electron chi connectivity index (χ3n) is 3.65. The van der Waals surface area contributed by atoms with Crippen LogP contribution in [-0.4, -0.2) is 46.8 Å². The minimum atomic E-state index is -4.49. The smallest absolute Gasteiger partial charge is 0.352 e. The number of nitrogens with one attached hydrogen (secondary N) is 1. The van der Waals surface area contributed by atoms with Crippen LogP contribution in [0.2, 0.25) is 0 Å². The minimum Gasteiger partial charge on any atom is -0.352 e. The fourth-order valence-corrected chi connectivity index (χ4v) is 2.37. The average Bonchev–Trinajstić information content (AvgIpc) is 2.74. The third-order valence-corrected chi connectivity index (χ3v) is 3.65. The Bertz CT molecular complexity index is 504. The van der Waals surface area contributed by atoms with Crippen LogP contribution in [0.25, 0.3) is 0 Å². The lowest BCUT2D eigenvalue weighted by Crippen LogP contribution is -2.44. The van der Waals surface area contributed by atoms with Gasteiger partial charge in [-0.2, -0.15) is 18.3 Å². The summed E-state index contributed by atoms with van der Waals surface area (Å²) in [5.41, 5.74) is -0.645. The highest BCUT2D eigenvalue weighted by Crippen LogP contribution is 2.28. The van der Waals surface area contributed by atoms with Crippen LogP contribution in [0.3, 0.4) is 0 Å². The largest absolute Gasteiger partial charge is 0.435 e. The fraction of sp³-hybridized carbons (Fsp3) is 0.692. The Morgan fingerprint density at radius 3 is 2.57 bits per heavy atom. The first-order chi connectivity index (χ1) is 9.75. The van der Waals surface area contributed by atoms with E-state index in [4.69, 9.17) is 0 Å². The molecule has 0 aliphatic carbocycles. The van der Waals surface area contributed by atoms with Crippen molar-refractivity contribution >= 4 is 5.91 Å². The predicted octanol–water partition coefficient (Wildman–Crippen LogP) is 1.42. The molecule has 1 aromatic rings. The van der Waals surface area contributed by atoms with Crippen molar-refractivity contribution in [1.82, 2.24) is 20.0 Å². The first-order valence-corrected chi connectivity index (χ1v) is 6.85. The van der Waals surface area contributed by atoms with Crippen molar-refractivity contribution in [3.63, 3.8) is 0 Å². The molecule has 21 heavy (non-hydrogen) atoms. The topological polar surface area (TPSA) is 50.2 Å². The standard InChI is InChI=1S/C13H19F3N4O/c1-9-7-11(13(14,15)16)18-20(9)8-12(21)17-10-3-5-19(2)6-4-10/h7,10H,3-6,8H2,1-2H3,(H,17,21). The lowest BCUT2D eigenvalue weighted by molar-refractivity contribution is -0.141. The van der Waals surface area contributed by atoms with Gasteiger partial charge in [-0.3, -0.25) is 9.48 Å². The number of halogens is 3. The Morgan fingerprint density at radius 2 is 2.05 bits per heavy atom. The van der Waals surface area contributed by atoms with E-state index >= 15 is 0 Å². The molecular weight excluding hydrogens is 285 g/mol. The van der Waals surface area contributed by atoms with Gasteiger partial charge in [0.25, 0.3) is 0 Å². The first kappa shape index (κ1) is 15.8. The summed E-state index contributed by atoms with van der Waals surface area (Å²) in [7, 11) is 2.02. The SMILES string of the molecule is Cc1cc(C(F)(F)F)nn1CC(=O)NC1CCN(C)CC1. The van der Waals surface area contributed by atoms with Gasteiger partial charge in [0.1, 0.15) is 6.54 Å². The molecule has 1 saturated heterocycles. The van der Waals surface area contributed by atoms with Gasteiger partial charge in [0.05, 0.1) is 0 Å². The third kappa shape index (κ3) is 4.20. The highest BCUT2D eigenvalue weighted by Gasteiger charge is 2.34. The van der Waals surface area contributed by atoms with Gasteiger partial charge in [0.2, 0.25) is 5.91 Å². The summed E-state index contributed by atoms with van der Waals surface area (Å²) >= 11 is 0. The number of aryl methyl sites for hydroxylation is 1. The second-order valence-corrected chi connectivity index (χ2v) is 5.47. The van der Waals surface area contributed by atoms with Gasteiger partial charge < -0.3 is 10.2 Å². The number of amides is 1. The predicted molar refractivity (Wildman–Crippen MR) is 70.6 cm³/mol. The van der Waals surface area contributed by atoms with Crippen LogP contribution in [0.15, 0.2) is 6.07 Å². The van der Waals surface area contributed by atoms with Gasteiger partial charge in [0.15, 0.2) is 5.69 Å². The quantitative estimate of drug-likeness (QED) is 0.919. The highest BCUT2D eigenvalue weighted by atomic mass is 19.4. The molecule has 1 N–H and O–H groups in total. The molecule has 0 saturated carbocycles. The molecule has 2 rings (SSSR count). The highest BCUT2D eigenvalue weighted by molar-refractivity contribution is 5.76. The number of piperidine rings is 1. The molecule has 1 aliphatic heterocycles. The molecule has 5 nitrogen and oxygen atoms in total. The molecule has 118 valence electrons. The van der Waals surface area contributed by atoms with Crippen molar-refractivity contribution in [3.8, 4) is 0 Å². The van der Waals surface area contributed by atoms with Gasteiger partial charge >= 0.3 is 6.18 Å². The molecule has 0 radical (unpaired) electrons. The van der Waals surface area contributed by atoms with E-state index in [1.54, 1.807) is 0 Å². The zero-order valence-electron chi connectivity index (χ0n) is 12.1. The Labute approximate surface area is 121 Å². The lowest BCUT2D eigenvalue weighted by Gasteiger charge is -2.29. The van der Waals surface area contributed by atoms with Crippen LogP contribution in [0.5, 0.6) is 0 Å². The Morgan fingerprint density at radius 1 is 1.43 bits per heavy atom. The van der Waals surface area contributed by atoms with Gasteiger partial charge in [0, 0.05) is 11.7 Å². The van der Waals surface area contributed by atoms with E-state index in [0.717, 1.165) is 36.7 Å². The van der Waals surface area contributed by atoms with E-state index < -0.39 is 11.9 Å². The molecule has 0 bridgehead atoms. The zero-order chi connectivity index (χ0) is 15.6.